The highest BCUT2D eigenvalue weighted by molar-refractivity contribution is 5.26. The summed E-state index contributed by atoms with van der Waals surface area (Å²) in [7, 11) is 0. The van der Waals surface area contributed by atoms with Gasteiger partial charge in [0.15, 0.2) is 0 Å². The van der Waals surface area contributed by atoms with Gasteiger partial charge in [-0.2, -0.15) is 0 Å². The zero-order valence-corrected chi connectivity index (χ0v) is 11.2. The van der Waals surface area contributed by atoms with Crippen LogP contribution >= 0.6 is 0 Å². The summed E-state index contributed by atoms with van der Waals surface area (Å²) < 4.78 is 2.23. The molecular weight excluding hydrogens is 198 g/mol. The van der Waals surface area contributed by atoms with Crippen LogP contribution in [0.5, 0.6) is 0 Å². The molecule has 3 heteroatoms. The molecule has 0 saturated heterocycles. The van der Waals surface area contributed by atoms with Gasteiger partial charge in [0, 0.05) is 25.0 Å². The SMILES string of the molecule is CCCCNc1nccn1C(C)C(C)(C)C. The van der Waals surface area contributed by atoms with Crippen molar-refractivity contribution in [1.82, 2.24) is 9.55 Å². The fraction of sp³-hybridized carbons (Fsp3) is 0.769. The molecule has 92 valence electrons. The van der Waals surface area contributed by atoms with Crippen LogP contribution in [0.4, 0.5) is 5.95 Å². The lowest BCUT2D eigenvalue weighted by Crippen LogP contribution is -2.22. The monoisotopic (exact) mass is 223 g/mol. The number of rotatable bonds is 5. The quantitative estimate of drug-likeness (QED) is 0.771. The molecule has 0 radical (unpaired) electrons. The van der Waals surface area contributed by atoms with E-state index >= 15 is 0 Å². The van der Waals surface area contributed by atoms with E-state index in [-0.39, 0.29) is 5.41 Å². The normalized spacial score (nSPS) is 13.8. The van der Waals surface area contributed by atoms with E-state index in [9.17, 15) is 0 Å². The Kier molecular flexibility index (Phi) is 4.39. The van der Waals surface area contributed by atoms with E-state index in [0.717, 1.165) is 12.5 Å². The van der Waals surface area contributed by atoms with Crippen molar-refractivity contribution < 1.29 is 0 Å². The van der Waals surface area contributed by atoms with Crippen LogP contribution in [-0.4, -0.2) is 16.1 Å². The molecule has 0 aliphatic rings. The molecule has 1 heterocycles. The van der Waals surface area contributed by atoms with Gasteiger partial charge >= 0.3 is 0 Å². The van der Waals surface area contributed by atoms with Gasteiger partial charge in [-0.1, -0.05) is 34.1 Å². The van der Waals surface area contributed by atoms with Crippen LogP contribution in [0.15, 0.2) is 12.4 Å². The molecule has 0 aliphatic carbocycles. The summed E-state index contributed by atoms with van der Waals surface area (Å²) in [6.07, 6.45) is 6.33. The summed E-state index contributed by atoms with van der Waals surface area (Å²) in [4.78, 5) is 4.37. The standard InChI is InChI=1S/C13H25N3/c1-6-7-8-14-12-15-9-10-16(12)11(2)13(3,4)5/h9-11H,6-8H2,1-5H3,(H,14,15). The fourth-order valence-corrected chi connectivity index (χ4v) is 1.56. The van der Waals surface area contributed by atoms with E-state index in [0.29, 0.717) is 6.04 Å². The van der Waals surface area contributed by atoms with Gasteiger partial charge in [0.2, 0.25) is 5.95 Å². The number of hydrogen-bond acceptors (Lipinski definition) is 2. The predicted molar refractivity (Wildman–Crippen MR) is 69.8 cm³/mol. The summed E-state index contributed by atoms with van der Waals surface area (Å²) in [5, 5.41) is 3.40. The number of nitrogens with zero attached hydrogens (tertiary/aromatic N) is 2. The van der Waals surface area contributed by atoms with Gasteiger partial charge in [0.1, 0.15) is 0 Å². The first-order valence-corrected chi connectivity index (χ1v) is 6.23. The second-order valence-corrected chi connectivity index (χ2v) is 5.48. The Morgan fingerprint density at radius 2 is 2.12 bits per heavy atom. The molecule has 1 unspecified atom stereocenters. The van der Waals surface area contributed by atoms with Crippen molar-refractivity contribution in [2.45, 2.75) is 53.5 Å². The van der Waals surface area contributed by atoms with Crippen LogP contribution in [0.3, 0.4) is 0 Å². The summed E-state index contributed by atoms with van der Waals surface area (Å²) in [6.45, 7) is 12.2. The molecule has 1 N–H and O–H groups in total. The highest BCUT2D eigenvalue weighted by atomic mass is 15.2. The van der Waals surface area contributed by atoms with Gasteiger partial charge < -0.3 is 9.88 Å². The lowest BCUT2D eigenvalue weighted by Gasteiger charge is -2.29. The molecular formula is C13H25N3. The lowest BCUT2D eigenvalue weighted by atomic mass is 9.88. The highest BCUT2D eigenvalue weighted by Gasteiger charge is 2.23. The van der Waals surface area contributed by atoms with Crippen molar-refractivity contribution in [3.8, 4) is 0 Å². The molecule has 0 spiro atoms. The lowest BCUT2D eigenvalue weighted by molar-refractivity contribution is 0.264. The van der Waals surface area contributed by atoms with Crippen molar-refractivity contribution in [3.05, 3.63) is 12.4 Å². The third-order valence-electron chi connectivity index (χ3n) is 3.15. The number of aromatic nitrogens is 2. The van der Waals surface area contributed by atoms with Gasteiger partial charge in [0.25, 0.3) is 0 Å². The molecule has 0 aromatic carbocycles. The predicted octanol–water partition coefficient (Wildman–Crippen LogP) is 3.70. The number of anilines is 1. The Morgan fingerprint density at radius 1 is 1.44 bits per heavy atom. The molecule has 0 bridgehead atoms. The number of nitrogens with one attached hydrogen (secondary N) is 1. The second kappa shape index (κ2) is 5.37. The number of unbranched alkanes of at least 4 members (excludes halogenated alkanes) is 1. The molecule has 1 rings (SSSR count). The van der Waals surface area contributed by atoms with Crippen LogP contribution in [0.2, 0.25) is 0 Å². The summed E-state index contributed by atoms with van der Waals surface area (Å²) in [6, 6.07) is 0.444. The summed E-state index contributed by atoms with van der Waals surface area (Å²) in [5.41, 5.74) is 0.252. The first-order chi connectivity index (χ1) is 7.46. The van der Waals surface area contributed by atoms with Gasteiger partial charge in [0.05, 0.1) is 0 Å². The van der Waals surface area contributed by atoms with Crippen LogP contribution in [0, 0.1) is 5.41 Å². The smallest absolute Gasteiger partial charge is 0.203 e. The second-order valence-electron chi connectivity index (χ2n) is 5.48. The average molecular weight is 223 g/mol. The Labute approximate surface area is 99.3 Å². The van der Waals surface area contributed by atoms with Crippen molar-refractivity contribution in [3.63, 3.8) is 0 Å². The van der Waals surface area contributed by atoms with Crippen molar-refractivity contribution >= 4 is 5.95 Å². The van der Waals surface area contributed by atoms with E-state index in [1.54, 1.807) is 0 Å². The highest BCUT2D eigenvalue weighted by Crippen LogP contribution is 2.31. The zero-order chi connectivity index (χ0) is 12.2. The van der Waals surface area contributed by atoms with Gasteiger partial charge in [-0.25, -0.2) is 4.98 Å². The fourth-order valence-electron chi connectivity index (χ4n) is 1.56. The van der Waals surface area contributed by atoms with E-state index in [1.807, 2.05) is 6.20 Å². The third-order valence-corrected chi connectivity index (χ3v) is 3.15. The topological polar surface area (TPSA) is 29.9 Å². The van der Waals surface area contributed by atoms with Gasteiger partial charge in [-0.3, -0.25) is 0 Å². The Bertz CT molecular complexity index is 309. The average Bonchev–Trinajstić information content (AvgIpc) is 2.64. The minimum absolute atomic E-state index is 0.252. The van der Waals surface area contributed by atoms with Gasteiger partial charge in [-0.05, 0) is 18.8 Å². The van der Waals surface area contributed by atoms with Crippen LogP contribution < -0.4 is 5.32 Å². The molecule has 0 fully saturated rings. The van der Waals surface area contributed by atoms with Crippen LogP contribution in [0.1, 0.15) is 53.5 Å². The molecule has 3 nitrogen and oxygen atoms in total. The maximum Gasteiger partial charge on any atom is 0.203 e. The van der Waals surface area contributed by atoms with Crippen molar-refractivity contribution in [2.75, 3.05) is 11.9 Å². The first kappa shape index (κ1) is 13.1. The van der Waals surface area contributed by atoms with E-state index in [4.69, 9.17) is 0 Å². The molecule has 1 atom stereocenters. The Balaban J connectivity index is 2.70. The van der Waals surface area contributed by atoms with E-state index in [1.165, 1.54) is 12.8 Å². The molecule has 0 saturated carbocycles. The molecule has 0 aliphatic heterocycles. The third kappa shape index (κ3) is 3.26. The Hall–Kier alpha value is -0.990. The van der Waals surface area contributed by atoms with E-state index < -0.39 is 0 Å². The van der Waals surface area contributed by atoms with Crippen molar-refractivity contribution in [1.29, 1.82) is 0 Å². The molecule has 0 amide bonds. The maximum absolute atomic E-state index is 4.37. The summed E-state index contributed by atoms with van der Waals surface area (Å²) in [5.74, 6) is 0.996. The van der Waals surface area contributed by atoms with Crippen LogP contribution in [-0.2, 0) is 0 Å². The zero-order valence-electron chi connectivity index (χ0n) is 11.2. The Morgan fingerprint density at radius 3 is 2.69 bits per heavy atom. The first-order valence-electron chi connectivity index (χ1n) is 6.23. The largest absolute Gasteiger partial charge is 0.356 e. The van der Waals surface area contributed by atoms with Gasteiger partial charge in [-0.15, -0.1) is 0 Å². The molecule has 16 heavy (non-hydrogen) atoms. The molecule has 1 aromatic heterocycles. The molecule has 1 aromatic rings. The number of imidazole rings is 1. The summed E-state index contributed by atoms with van der Waals surface area (Å²) >= 11 is 0. The van der Waals surface area contributed by atoms with E-state index in [2.05, 4.69) is 55.7 Å². The van der Waals surface area contributed by atoms with Crippen molar-refractivity contribution in [2.24, 2.45) is 5.41 Å². The van der Waals surface area contributed by atoms with Crippen LogP contribution in [0.25, 0.3) is 0 Å². The maximum atomic E-state index is 4.37. The minimum Gasteiger partial charge on any atom is -0.356 e. The minimum atomic E-state index is 0.252. The number of hydrogen-bond donors (Lipinski definition) is 1.